The molecule has 11 nitrogen and oxygen atoms in total. The maximum atomic E-state index is 13.1. The van der Waals surface area contributed by atoms with Crippen molar-refractivity contribution in [2.75, 3.05) is 38.2 Å². The first-order valence-corrected chi connectivity index (χ1v) is 16.7. The van der Waals surface area contributed by atoms with Crippen molar-refractivity contribution >= 4 is 38.5 Å². The first-order valence-electron chi connectivity index (χ1n) is 15.9. The predicted molar refractivity (Wildman–Crippen MR) is 166 cm³/mol. The Bertz CT molecular complexity index is 1490. The van der Waals surface area contributed by atoms with Gasteiger partial charge in [-0.1, -0.05) is 17.4 Å². The average molecular weight is 621 g/mol. The second kappa shape index (κ2) is 12.8. The molecule has 0 bridgehead atoms. The molecule has 0 radical (unpaired) electrons. The van der Waals surface area contributed by atoms with E-state index >= 15 is 0 Å². The van der Waals surface area contributed by atoms with Gasteiger partial charge in [-0.15, -0.1) is 0 Å². The number of fused-ring (bicyclic) bond motifs is 1. The van der Waals surface area contributed by atoms with Crippen LogP contribution in [0.4, 0.5) is 5.13 Å². The zero-order chi connectivity index (χ0) is 30.2. The number of hydrogen-bond donors (Lipinski definition) is 2. The topological polar surface area (TPSA) is 130 Å². The van der Waals surface area contributed by atoms with E-state index in [4.69, 9.17) is 9.47 Å². The number of aliphatic hydroxyl groups is 1. The number of nitrogens with zero attached hydrogens (tertiary/aromatic N) is 5. The highest BCUT2D eigenvalue weighted by atomic mass is 32.1. The largest absolute Gasteiger partial charge is 0.390 e. The van der Waals surface area contributed by atoms with Crippen molar-refractivity contribution in [3.05, 3.63) is 36.4 Å². The van der Waals surface area contributed by atoms with Crippen LogP contribution in [0.25, 0.3) is 21.3 Å². The van der Waals surface area contributed by atoms with Crippen molar-refractivity contribution in [1.29, 1.82) is 0 Å². The molecule has 4 heterocycles. The van der Waals surface area contributed by atoms with E-state index in [1.165, 1.54) is 11.3 Å². The third kappa shape index (κ3) is 6.23. The molecule has 2 saturated carbocycles. The molecule has 234 valence electrons. The van der Waals surface area contributed by atoms with Crippen LogP contribution in [0.2, 0.25) is 0 Å². The molecule has 2 N–H and O–H groups in total. The monoisotopic (exact) mass is 620 g/mol. The molecule has 2 aromatic heterocycles. The van der Waals surface area contributed by atoms with Gasteiger partial charge in [0.2, 0.25) is 11.8 Å². The quantitative estimate of drug-likeness (QED) is 0.389. The molecule has 4 fully saturated rings. The van der Waals surface area contributed by atoms with E-state index in [0.29, 0.717) is 30.2 Å². The number of anilines is 1. The van der Waals surface area contributed by atoms with Crippen LogP contribution >= 0.6 is 11.3 Å². The van der Waals surface area contributed by atoms with Crippen LogP contribution in [-0.4, -0.2) is 98.8 Å². The Labute approximate surface area is 261 Å². The van der Waals surface area contributed by atoms with Crippen LogP contribution in [0.5, 0.6) is 0 Å². The van der Waals surface area contributed by atoms with Crippen molar-refractivity contribution < 1.29 is 24.2 Å². The standard InChI is InChI=1S/C32H40N6O5S/c1-19-16-37(31(41)21-7-10-42-17-21)8-9-38(19)24-11-22(12-24)30(40)36-32-35-25-6-5-20(13-28(25)44-32)23-14-33-29(34-15-23)18-43-27-4-2-3-26(27)39/h5-6,13-15,19,21-22,24,26-27,39H,2-4,7-12,16-18H2,1H3,(H,35,36,40)/t19-,21+,22?,24?,26-,27-/m0/s1. The van der Waals surface area contributed by atoms with Crippen LogP contribution in [0.15, 0.2) is 30.6 Å². The number of piperazine rings is 1. The minimum Gasteiger partial charge on any atom is -0.390 e. The van der Waals surface area contributed by atoms with Crippen molar-refractivity contribution in [3.63, 3.8) is 0 Å². The lowest BCUT2D eigenvalue weighted by Crippen LogP contribution is -2.60. The fourth-order valence-electron chi connectivity index (χ4n) is 7.00. The third-order valence-corrected chi connectivity index (χ3v) is 10.7. The number of carbonyl (C=O) groups excluding carboxylic acids is 2. The molecular weight excluding hydrogens is 580 g/mol. The van der Waals surface area contributed by atoms with Gasteiger partial charge in [-0.2, -0.15) is 0 Å². The Hall–Kier alpha value is -3.03. The number of ether oxygens (including phenoxy) is 2. The van der Waals surface area contributed by atoms with E-state index in [-0.39, 0.29) is 42.4 Å². The van der Waals surface area contributed by atoms with Crippen LogP contribution in [0.1, 0.15) is 51.3 Å². The number of carbonyl (C=O) groups is 2. The van der Waals surface area contributed by atoms with Gasteiger partial charge in [0.25, 0.3) is 0 Å². The number of aromatic nitrogens is 3. The van der Waals surface area contributed by atoms with Crippen LogP contribution < -0.4 is 5.32 Å². The molecule has 3 aromatic rings. The number of amides is 2. The smallest absolute Gasteiger partial charge is 0.229 e. The van der Waals surface area contributed by atoms with E-state index in [9.17, 15) is 14.7 Å². The summed E-state index contributed by atoms with van der Waals surface area (Å²) < 4.78 is 12.2. The van der Waals surface area contributed by atoms with Crippen molar-refractivity contribution in [1.82, 2.24) is 24.8 Å². The van der Waals surface area contributed by atoms with Gasteiger partial charge in [0.1, 0.15) is 6.61 Å². The second-order valence-corrected chi connectivity index (χ2v) is 13.7. The number of aliphatic hydroxyl groups excluding tert-OH is 1. The van der Waals surface area contributed by atoms with Crippen molar-refractivity contribution in [2.45, 2.75) is 76.3 Å². The number of benzene rings is 1. The molecule has 2 amide bonds. The van der Waals surface area contributed by atoms with Gasteiger partial charge < -0.3 is 24.8 Å². The summed E-state index contributed by atoms with van der Waals surface area (Å²) in [4.78, 5) is 43.9. The SMILES string of the molecule is C[C@H]1CN(C(=O)[C@@H]2CCOC2)CCN1C1CC(C(=O)Nc2nc3ccc(-c4cnc(CO[C@H]5CCC[C@@H]5O)nc4)cc3s2)C1. The van der Waals surface area contributed by atoms with Gasteiger partial charge in [-0.05, 0) is 63.1 Å². The highest BCUT2D eigenvalue weighted by Gasteiger charge is 2.42. The molecule has 1 aromatic carbocycles. The van der Waals surface area contributed by atoms with Crippen LogP contribution in [-0.2, 0) is 25.7 Å². The van der Waals surface area contributed by atoms with Gasteiger partial charge in [0, 0.05) is 62.2 Å². The van der Waals surface area contributed by atoms with E-state index in [2.05, 4.69) is 38.2 Å². The molecule has 0 unspecified atom stereocenters. The Kier molecular flexibility index (Phi) is 8.60. The molecule has 2 aliphatic carbocycles. The van der Waals surface area contributed by atoms with Crippen LogP contribution in [0, 0.1) is 11.8 Å². The second-order valence-electron chi connectivity index (χ2n) is 12.7. The first kappa shape index (κ1) is 29.7. The van der Waals surface area contributed by atoms with E-state index in [1.807, 2.05) is 17.0 Å². The third-order valence-electron chi connectivity index (χ3n) is 9.72. The minimum atomic E-state index is -0.396. The van der Waals surface area contributed by atoms with E-state index < -0.39 is 6.10 Å². The number of nitrogens with one attached hydrogen (secondary N) is 1. The minimum absolute atomic E-state index is 0.0173. The van der Waals surface area contributed by atoms with Crippen LogP contribution in [0.3, 0.4) is 0 Å². The van der Waals surface area contributed by atoms with Gasteiger partial charge >= 0.3 is 0 Å². The summed E-state index contributed by atoms with van der Waals surface area (Å²) in [7, 11) is 0. The molecular formula is C32H40N6O5S. The highest BCUT2D eigenvalue weighted by Crippen LogP contribution is 2.36. The first-order chi connectivity index (χ1) is 21.4. The van der Waals surface area contributed by atoms with Crippen molar-refractivity contribution in [2.24, 2.45) is 11.8 Å². The number of hydrogen-bond acceptors (Lipinski definition) is 10. The Morgan fingerprint density at radius 3 is 2.68 bits per heavy atom. The fraction of sp³-hybridized carbons (Fsp3) is 0.594. The lowest BCUT2D eigenvalue weighted by molar-refractivity contribution is -0.140. The maximum absolute atomic E-state index is 13.1. The summed E-state index contributed by atoms with van der Waals surface area (Å²) in [5.74, 6) is 0.845. The summed E-state index contributed by atoms with van der Waals surface area (Å²) in [5, 5.41) is 13.6. The lowest BCUT2D eigenvalue weighted by Gasteiger charge is -2.49. The van der Waals surface area contributed by atoms with Crippen molar-refractivity contribution in [3.8, 4) is 11.1 Å². The summed E-state index contributed by atoms with van der Waals surface area (Å²) in [6.07, 6.45) is 8.19. The maximum Gasteiger partial charge on any atom is 0.229 e. The summed E-state index contributed by atoms with van der Waals surface area (Å²) in [6.45, 7) is 6.05. The van der Waals surface area contributed by atoms with E-state index in [1.54, 1.807) is 12.4 Å². The molecule has 7 rings (SSSR count). The summed E-state index contributed by atoms with van der Waals surface area (Å²) >= 11 is 1.47. The lowest BCUT2D eigenvalue weighted by atomic mass is 9.78. The summed E-state index contributed by atoms with van der Waals surface area (Å²) in [5.41, 5.74) is 2.71. The Morgan fingerprint density at radius 1 is 1.11 bits per heavy atom. The van der Waals surface area contributed by atoms with Gasteiger partial charge in [-0.25, -0.2) is 15.0 Å². The normalized spacial score (nSPS) is 29.2. The zero-order valence-corrected chi connectivity index (χ0v) is 25.9. The molecule has 2 aliphatic heterocycles. The Balaban J connectivity index is 0.900. The van der Waals surface area contributed by atoms with Gasteiger partial charge in [0.15, 0.2) is 11.0 Å². The summed E-state index contributed by atoms with van der Waals surface area (Å²) in [6, 6.07) is 6.66. The Morgan fingerprint density at radius 2 is 1.95 bits per heavy atom. The van der Waals surface area contributed by atoms with E-state index in [0.717, 1.165) is 79.5 Å². The van der Waals surface area contributed by atoms with Gasteiger partial charge in [-0.3, -0.25) is 14.5 Å². The average Bonchev–Trinajstić information content (AvgIpc) is 3.77. The molecule has 12 heteroatoms. The number of thiazole rings is 1. The fourth-order valence-corrected chi connectivity index (χ4v) is 7.91. The molecule has 4 aliphatic rings. The molecule has 4 atom stereocenters. The number of rotatable bonds is 8. The predicted octanol–water partition coefficient (Wildman–Crippen LogP) is 3.47. The zero-order valence-electron chi connectivity index (χ0n) is 25.1. The molecule has 2 saturated heterocycles. The highest BCUT2D eigenvalue weighted by molar-refractivity contribution is 7.22. The molecule has 44 heavy (non-hydrogen) atoms. The van der Waals surface area contributed by atoms with Gasteiger partial charge in [0.05, 0.1) is 34.9 Å². The molecule has 0 spiro atoms.